The van der Waals surface area contributed by atoms with Crippen molar-refractivity contribution in [3.05, 3.63) is 12.2 Å². The fourth-order valence-corrected chi connectivity index (χ4v) is 1.90. The molecular formula is C12H14N2O4. The van der Waals surface area contributed by atoms with Gasteiger partial charge in [0.15, 0.2) is 11.8 Å². The number of carbonyl (C=O) groups is 2. The number of amides is 3. The predicted molar refractivity (Wildman–Crippen MR) is 62.1 cm³/mol. The summed E-state index contributed by atoms with van der Waals surface area (Å²) >= 11 is 0. The molecule has 3 amide bonds. The number of aliphatic hydroxyl groups excluding tert-OH is 1. The molecule has 2 heterocycles. The van der Waals surface area contributed by atoms with Crippen molar-refractivity contribution in [3.8, 4) is 12.3 Å². The van der Waals surface area contributed by atoms with Crippen molar-refractivity contribution in [1.29, 1.82) is 0 Å². The average molecular weight is 250 g/mol. The van der Waals surface area contributed by atoms with Crippen LogP contribution in [0.25, 0.3) is 0 Å². The van der Waals surface area contributed by atoms with Crippen LogP contribution in [0, 0.1) is 18.3 Å². The van der Waals surface area contributed by atoms with Crippen LogP contribution in [0.4, 0.5) is 4.79 Å². The zero-order valence-electron chi connectivity index (χ0n) is 9.92. The second-order valence-electron chi connectivity index (χ2n) is 4.41. The Balaban J connectivity index is 2.11. The first-order chi connectivity index (χ1) is 8.51. The molecule has 6 nitrogen and oxygen atoms in total. The summed E-state index contributed by atoms with van der Waals surface area (Å²) in [5, 5.41) is 11.4. The molecule has 2 rings (SSSR count). The first-order valence-corrected chi connectivity index (χ1v) is 5.58. The van der Waals surface area contributed by atoms with Gasteiger partial charge in [-0.15, -0.1) is 6.42 Å². The Morgan fingerprint density at radius 1 is 1.72 bits per heavy atom. The summed E-state index contributed by atoms with van der Waals surface area (Å²) in [7, 11) is 0. The highest BCUT2D eigenvalue weighted by atomic mass is 16.5. The second-order valence-corrected chi connectivity index (χ2v) is 4.41. The lowest BCUT2D eigenvalue weighted by Gasteiger charge is -2.35. The molecule has 2 aliphatic heterocycles. The van der Waals surface area contributed by atoms with Gasteiger partial charge >= 0.3 is 6.03 Å². The minimum absolute atomic E-state index is 0.256. The molecule has 6 heteroatoms. The SMILES string of the molecule is C#C[C@@]1(CO)C=C[C@H](N2CC(C)C(=O)NC2=O)O1. The molecule has 18 heavy (non-hydrogen) atoms. The van der Waals surface area contributed by atoms with Crippen LogP contribution in [0.3, 0.4) is 0 Å². The molecule has 96 valence electrons. The maximum absolute atomic E-state index is 11.7. The van der Waals surface area contributed by atoms with E-state index in [4.69, 9.17) is 11.2 Å². The van der Waals surface area contributed by atoms with Crippen LogP contribution in [0.1, 0.15) is 6.92 Å². The number of terminal acetylenes is 1. The van der Waals surface area contributed by atoms with Gasteiger partial charge in [-0.05, 0) is 12.2 Å². The number of nitrogens with zero attached hydrogens (tertiary/aromatic N) is 1. The Kier molecular flexibility index (Phi) is 3.11. The molecule has 1 saturated heterocycles. The normalized spacial score (nSPS) is 35.5. The monoisotopic (exact) mass is 250 g/mol. The van der Waals surface area contributed by atoms with Crippen LogP contribution in [0.15, 0.2) is 12.2 Å². The Labute approximate surface area is 105 Å². The van der Waals surface area contributed by atoms with Crippen molar-refractivity contribution >= 4 is 11.9 Å². The number of urea groups is 1. The Hall–Kier alpha value is -1.84. The van der Waals surface area contributed by atoms with E-state index in [1.807, 2.05) is 0 Å². The summed E-state index contributed by atoms with van der Waals surface area (Å²) in [4.78, 5) is 24.4. The average Bonchev–Trinajstić information content (AvgIpc) is 2.79. The van der Waals surface area contributed by atoms with Gasteiger partial charge in [0.05, 0.1) is 12.5 Å². The summed E-state index contributed by atoms with van der Waals surface area (Å²) in [5.41, 5.74) is -1.18. The second kappa shape index (κ2) is 4.44. The van der Waals surface area contributed by atoms with Crippen LogP contribution in [-0.4, -0.2) is 46.9 Å². The maximum Gasteiger partial charge on any atom is 0.326 e. The van der Waals surface area contributed by atoms with E-state index in [-0.39, 0.29) is 25.0 Å². The smallest absolute Gasteiger partial charge is 0.326 e. The summed E-state index contributed by atoms with van der Waals surface area (Å²) in [6, 6.07) is -0.515. The van der Waals surface area contributed by atoms with Gasteiger partial charge in [-0.3, -0.25) is 15.0 Å². The van der Waals surface area contributed by atoms with Crippen LogP contribution in [0.5, 0.6) is 0 Å². The number of aliphatic hydroxyl groups is 1. The minimum atomic E-state index is -1.18. The summed E-state index contributed by atoms with van der Waals surface area (Å²) in [5.74, 6) is 1.73. The van der Waals surface area contributed by atoms with Crippen molar-refractivity contribution < 1.29 is 19.4 Å². The Morgan fingerprint density at radius 2 is 2.44 bits per heavy atom. The quantitative estimate of drug-likeness (QED) is 0.509. The molecule has 1 unspecified atom stereocenters. The van der Waals surface area contributed by atoms with Gasteiger partial charge in [0.2, 0.25) is 5.91 Å². The Bertz CT molecular complexity index is 453. The molecule has 0 aliphatic carbocycles. The van der Waals surface area contributed by atoms with E-state index in [0.29, 0.717) is 0 Å². The number of hydrogen-bond donors (Lipinski definition) is 2. The molecule has 1 fully saturated rings. The fraction of sp³-hybridized carbons (Fsp3) is 0.500. The molecule has 0 aromatic heterocycles. The molecule has 0 aromatic rings. The van der Waals surface area contributed by atoms with Crippen molar-refractivity contribution in [2.75, 3.05) is 13.2 Å². The fourth-order valence-electron chi connectivity index (χ4n) is 1.90. The van der Waals surface area contributed by atoms with Gasteiger partial charge in [-0.25, -0.2) is 4.79 Å². The largest absolute Gasteiger partial charge is 0.392 e. The van der Waals surface area contributed by atoms with Gasteiger partial charge in [0.1, 0.15) is 0 Å². The highest BCUT2D eigenvalue weighted by Crippen LogP contribution is 2.26. The third kappa shape index (κ3) is 1.98. The van der Waals surface area contributed by atoms with Crippen molar-refractivity contribution in [3.63, 3.8) is 0 Å². The lowest BCUT2D eigenvalue weighted by atomic mass is 10.1. The van der Waals surface area contributed by atoms with Crippen molar-refractivity contribution in [1.82, 2.24) is 10.2 Å². The van der Waals surface area contributed by atoms with E-state index in [0.717, 1.165) is 0 Å². The zero-order chi connectivity index (χ0) is 13.3. The number of rotatable bonds is 2. The first-order valence-electron chi connectivity index (χ1n) is 5.58. The van der Waals surface area contributed by atoms with E-state index in [1.54, 1.807) is 19.1 Å². The van der Waals surface area contributed by atoms with Crippen molar-refractivity contribution in [2.45, 2.75) is 18.8 Å². The molecule has 2 aliphatic rings. The zero-order valence-corrected chi connectivity index (χ0v) is 9.92. The van der Waals surface area contributed by atoms with E-state index in [9.17, 15) is 14.7 Å². The van der Waals surface area contributed by atoms with Crippen LogP contribution in [0.2, 0.25) is 0 Å². The molecule has 2 N–H and O–H groups in total. The molecule has 0 spiro atoms. The summed E-state index contributed by atoms with van der Waals surface area (Å²) < 4.78 is 5.50. The van der Waals surface area contributed by atoms with E-state index in [2.05, 4.69) is 11.2 Å². The van der Waals surface area contributed by atoms with Gasteiger partial charge in [-0.2, -0.15) is 0 Å². The van der Waals surface area contributed by atoms with E-state index >= 15 is 0 Å². The van der Waals surface area contributed by atoms with Crippen LogP contribution < -0.4 is 5.32 Å². The lowest BCUT2D eigenvalue weighted by Crippen LogP contribution is -2.57. The number of ether oxygens (including phenoxy) is 1. The van der Waals surface area contributed by atoms with Gasteiger partial charge < -0.3 is 9.84 Å². The number of imide groups is 1. The molecule has 0 saturated carbocycles. The number of nitrogens with one attached hydrogen (secondary N) is 1. The highest BCUT2D eigenvalue weighted by Gasteiger charge is 2.40. The van der Waals surface area contributed by atoms with E-state index in [1.165, 1.54) is 4.90 Å². The van der Waals surface area contributed by atoms with Gasteiger partial charge in [0.25, 0.3) is 0 Å². The van der Waals surface area contributed by atoms with Gasteiger partial charge in [-0.1, -0.05) is 12.8 Å². The predicted octanol–water partition coefficient (Wildman–Crippen LogP) is -0.549. The maximum atomic E-state index is 11.7. The van der Waals surface area contributed by atoms with Gasteiger partial charge in [0, 0.05) is 6.54 Å². The van der Waals surface area contributed by atoms with E-state index < -0.39 is 17.9 Å². The summed E-state index contributed by atoms with van der Waals surface area (Å²) in [6.07, 6.45) is 7.79. The third-order valence-electron chi connectivity index (χ3n) is 3.06. The number of hydrogen-bond acceptors (Lipinski definition) is 4. The minimum Gasteiger partial charge on any atom is -0.392 e. The van der Waals surface area contributed by atoms with Crippen LogP contribution >= 0.6 is 0 Å². The molecule has 3 atom stereocenters. The standard InChI is InChI=1S/C12H14N2O4/c1-3-12(7-15)5-4-9(18-12)14-6-8(2)10(16)13-11(14)17/h1,4-5,8-9,15H,6-7H2,2H3,(H,13,16,17)/t8?,9-,12+/m1/s1. The highest BCUT2D eigenvalue weighted by molar-refractivity contribution is 5.97. The molecular weight excluding hydrogens is 236 g/mol. The topological polar surface area (TPSA) is 78.9 Å². The first kappa shape index (κ1) is 12.6. The summed E-state index contributed by atoms with van der Waals surface area (Å²) in [6.45, 7) is 1.61. The third-order valence-corrected chi connectivity index (χ3v) is 3.06. The van der Waals surface area contributed by atoms with Crippen LogP contribution in [-0.2, 0) is 9.53 Å². The van der Waals surface area contributed by atoms with Crippen molar-refractivity contribution in [2.24, 2.45) is 5.92 Å². The molecule has 0 bridgehead atoms. The molecule has 0 aromatic carbocycles. The lowest BCUT2D eigenvalue weighted by molar-refractivity contribution is -0.128. The molecule has 0 radical (unpaired) electrons. The number of carbonyl (C=O) groups excluding carboxylic acids is 2. The Morgan fingerprint density at radius 3 is 3.00 bits per heavy atom.